The molecule has 2 aliphatic rings. The third kappa shape index (κ3) is 2.24. The predicted molar refractivity (Wildman–Crippen MR) is 71.3 cm³/mol. The lowest BCUT2D eigenvalue weighted by molar-refractivity contribution is 0.487. The summed E-state index contributed by atoms with van der Waals surface area (Å²) in [5.74, 6) is 1.82. The molecule has 0 aliphatic heterocycles. The number of furan rings is 1. The van der Waals surface area contributed by atoms with Crippen LogP contribution in [0.1, 0.15) is 37.9 Å². The largest absolute Gasteiger partial charge is 0.467 e. The molecular weight excluding hydrogens is 226 g/mol. The topological polar surface area (TPSA) is 49.6 Å². The first-order chi connectivity index (χ1) is 8.82. The summed E-state index contributed by atoms with van der Waals surface area (Å²) in [5.41, 5.74) is 0.600. The minimum Gasteiger partial charge on any atom is -0.467 e. The van der Waals surface area contributed by atoms with Gasteiger partial charge in [-0.05, 0) is 36.8 Å². The summed E-state index contributed by atoms with van der Waals surface area (Å²) in [6.45, 7) is 0.687. The standard InChI is InChI=1S/C14H21N3O/c1-15-13(16-10-11-5-4-8-18-11)17-12-9-14(12)6-2-3-7-14/h4-5,8,12H,2-3,6-7,9-10H2,1H3,(H2,15,16,17). The van der Waals surface area contributed by atoms with Crippen molar-refractivity contribution < 1.29 is 4.42 Å². The second-order valence-corrected chi connectivity index (χ2v) is 5.48. The maximum atomic E-state index is 5.30. The van der Waals surface area contributed by atoms with Gasteiger partial charge in [0.05, 0.1) is 12.8 Å². The smallest absolute Gasteiger partial charge is 0.191 e. The molecule has 1 spiro atoms. The van der Waals surface area contributed by atoms with Gasteiger partial charge in [0, 0.05) is 13.1 Å². The summed E-state index contributed by atoms with van der Waals surface area (Å²) < 4.78 is 5.30. The number of guanidine groups is 1. The second-order valence-electron chi connectivity index (χ2n) is 5.48. The SMILES string of the molecule is CN=C(NCc1ccco1)NC1CC12CCCC2. The fourth-order valence-electron chi connectivity index (χ4n) is 3.13. The van der Waals surface area contributed by atoms with Gasteiger partial charge < -0.3 is 15.1 Å². The molecule has 0 aromatic carbocycles. The first-order valence-electron chi connectivity index (χ1n) is 6.82. The van der Waals surface area contributed by atoms with E-state index < -0.39 is 0 Å². The zero-order chi connectivity index (χ0) is 12.4. The number of hydrogen-bond donors (Lipinski definition) is 2. The minimum absolute atomic E-state index is 0.600. The molecule has 2 N–H and O–H groups in total. The van der Waals surface area contributed by atoms with E-state index in [-0.39, 0.29) is 0 Å². The van der Waals surface area contributed by atoms with Crippen LogP contribution in [-0.2, 0) is 6.54 Å². The van der Waals surface area contributed by atoms with Crippen molar-refractivity contribution in [1.82, 2.24) is 10.6 Å². The van der Waals surface area contributed by atoms with Crippen LogP contribution in [-0.4, -0.2) is 19.0 Å². The summed E-state index contributed by atoms with van der Waals surface area (Å²) in [7, 11) is 1.82. The lowest BCUT2D eigenvalue weighted by Crippen LogP contribution is -2.39. The van der Waals surface area contributed by atoms with Crippen LogP contribution in [0, 0.1) is 5.41 Å². The first-order valence-corrected chi connectivity index (χ1v) is 6.82. The Kier molecular flexibility index (Phi) is 3.02. The number of hydrogen-bond acceptors (Lipinski definition) is 2. The Morgan fingerprint density at radius 1 is 1.50 bits per heavy atom. The number of nitrogens with zero attached hydrogens (tertiary/aromatic N) is 1. The molecule has 0 amide bonds. The highest BCUT2D eigenvalue weighted by Gasteiger charge is 2.55. The molecule has 2 aliphatic carbocycles. The Balaban J connectivity index is 1.49. The van der Waals surface area contributed by atoms with Gasteiger partial charge in [0.1, 0.15) is 5.76 Å². The van der Waals surface area contributed by atoms with Gasteiger partial charge in [-0.2, -0.15) is 0 Å². The highest BCUT2D eigenvalue weighted by Crippen LogP contribution is 2.57. The van der Waals surface area contributed by atoms with E-state index in [4.69, 9.17) is 4.42 Å². The zero-order valence-electron chi connectivity index (χ0n) is 10.9. The van der Waals surface area contributed by atoms with Crippen LogP contribution in [0.4, 0.5) is 0 Å². The Labute approximate surface area is 108 Å². The molecular formula is C14H21N3O. The summed E-state index contributed by atoms with van der Waals surface area (Å²) in [4.78, 5) is 4.27. The summed E-state index contributed by atoms with van der Waals surface area (Å²) in [6.07, 6.45) is 8.59. The molecule has 98 valence electrons. The number of nitrogens with one attached hydrogen (secondary N) is 2. The predicted octanol–water partition coefficient (Wildman–Crippen LogP) is 2.28. The van der Waals surface area contributed by atoms with Crippen molar-refractivity contribution >= 4 is 5.96 Å². The molecule has 1 aromatic rings. The Hall–Kier alpha value is -1.45. The highest BCUT2D eigenvalue weighted by atomic mass is 16.3. The maximum Gasteiger partial charge on any atom is 0.191 e. The van der Waals surface area contributed by atoms with Crippen LogP contribution < -0.4 is 10.6 Å². The molecule has 1 aromatic heterocycles. The van der Waals surface area contributed by atoms with Gasteiger partial charge in [-0.25, -0.2) is 0 Å². The van der Waals surface area contributed by atoms with Crippen LogP contribution in [0.15, 0.2) is 27.8 Å². The molecule has 1 unspecified atom stereocenters. The molecule has 4 nitrogen and oxygen atoms in total. The Morgan fingerprint density at radius 3 is 3.00 bits per heavy atom. The molecule has 1 heterocycles. The third-order valence-electron chi connectivity index (χ3n) is 4.33. The van der Waals surface area contributed by atoms with Crippen molar-refractivity contribution in [2.75, 3.05) is 7.05 Å². The van der Waals surface area contributed by atoms with Gasteiger partial charge in [0.15, 0.2) is 5.96 Å². The van der Waals surface area contributed by atoms with Gasteiger partial charge in [-0.1, -0.05) is 12.8 Å². The lowest BCUT2D eigenvalue weighted by atomic mass is 10.1. The normalized spacial score (nSPS) is 25.4. The average molecular weight is 247 g/mol. The van der Waals surface area contributed by atoms with Crippen molar-refractivity contribution in [3.05, 3.63) is 24.2 Å². The second kappa shape index (κ2) is 4.67. The van der Waals surface area contributed by atoms with Crippen LogP contribution in [0.5, 0.6) is 0 Å². The first kappa shape index (κ1) is 11.6. The van der Waals surface area contributed by atoms with E-state index in [2.05, 4.69) is 15.6 Å². The van der Waals surface area contributed by atoms with Gasteiger partial charge in [-0.15, -0.1) is 0 Å². The monoisotopic (exact) mass is 247 g/mol. The maximum absolute atomic E-state index is 5.30. The molecule has 1 atom stereocenters. The van der Waals surface area contributed by atoms with Crippen molar-refractivity contribution in [3.63, 3.8) is 0 Å². The molecule has 18 heavy (non-hydrogen) atoms. The van der Waals surface area contributed by atoms with Gasteiger partial charge in [-0.3, -0.25) is 4.99 Å². The van der Waals surface area contributed by atoms with E-state index in [1.165, 1.54) is 32.1 Å². The van der Waals surface area contributed by atoms with E-state index in [1.807, 2.05) is 19.2 Å². The molecule has 4 heteroatoms. The summed E-state index contributed by atoms with van der Waals surface area (Å²) in [6, 6.07) is 4.50. The summed E-state index contributed by atoms with van der Waals surface area (Å²) >= 11 is 0. The minimum atomic E-state index is 0.600. The third-order valence-corrected chi connectivity index (χ3v) is 4.33. The molecule has 2 saturated carbocycles. The van der Waals surface area contributed by atoms with Crippen LogP contribution in [0.3, 0.4) is 0 Å². The van der Waals surface area contributed by atoms with Crippen molar-refractivity contribution in [2.45, 2.75) is 44.7 Å². The quantitative estimate of drug-likeness (QED) is 0.636. The van der Waals surface area contributed by atoms with Gasteiger partial charge in [0.2, 0.25) is 0 Å². The Morgan fingerprint density at radius 2 is 2.33 bits per heavy atom. The van der Waals surface area contributed by atoms with Gasteiger partial charge >= 0.3 is 0 Å². The number of rotatable bonds is 3. The Bertz CT molecular complexity index is 418. The average Bonchev–Trinajstić information content (AvgIpc) is 2.81. The van der Waals surface area contributed by atoms with E-state index in [1.54, 1.807) is 6.26 Å². The van der Waals surface area contributed by atoms with E-state index in [0.717, 1.165) is 11.7 Å². The highest BCUT2D eigenvalue weighted by molar-refractivity contribution is 5.80. The van der Waals surface area contributed by atoms with E-state index in [9.17, 15) is 0 Å². The van der Waals surface area contributed by atoms with E-state index in [0.29, 0.717) is 18.0 Å². The molecule has 0 saturated heterocycles. The van der Waals surface area contributed by atoms with Crippen molar-refractivity contribution in [3.8, 4) is 0 Å². The van der Waals surface area contributed by atoms with Gasteiger partial charge in [0.25, 0.3) is 0 Å². The summed E-state index contributed by atoms with van der Waals surface area (Å²) in [5, 5.41) is 6.83. The fraction of sp³-hybridized carbons (Fsp3) is 0.643. The zero-order valence-corrected chi connectivity index (χ0v) is 10.9. The van der Waals surface area contributed by atoms with Crippen molar-refractivity contribution in [1.29, 1.82) is 0 Å². The fourth-order valence-corrected chi connectivity index (χ4v) is 3.13. The van der Waals surface area contributed by atoms with Crippen LogP contribution >= 0.6 is 0 Å². The number of aliphatic imine (C=N–C) groups is 1. The molecule has 2 fully saturated rings. The molecule has 3 rings (SSSR count). The molecule has 0 radical (unpaired) electrons. The van der Waals surface area contributed by atoms with Crippen LogP contribution in [0.2, 0.25) is 0 Å². The lowest BCUT2D eigenvalue weighted by Gasteiger charge is -2.13. The van der Waals surface area contributed by atoms with Crippen molar-refractivity contribution in [2.24, 2.45) is 10.4 Å². The van der Waals surface area contributed by atoms with E-state index >= 15 is 0 Å². The van der Waals surface area contributed by atoms with Crippen LogP contribution in [0.25, 0.3) is 0 Å². The molecule has 0 bridgehead atoms.